The fraction of sp³-hybridized carbons (Fsp3) is 0.543. The molecular weight excluding hydrogens is 650 g/mol. The Hall–Kier alpha value is -3.85. The van der Waals surface area contributed by atoms with Gasteiger partial charge in [0.05, 0.1) is 25.8 Å². The SMILES string of the molecule is O=C(NC(CC1CCCCC1)C(=O)N[C@H]1CCCN(S(=O)(=O)c2ccccn2)CC1=O)c1cc2cc(OCCN3CCOCC3)ccc2o1. The Morgan fingerprint density at radius 2 is 1.82 bits per heavy atom. The summed E-state index contributed by atoms with van der Waals surface area (Å²) < 4.78 is 44.6. The van der Waals surface area contributed by atoms with Crippen molar-refractivity contribution in [3.63, 3.8) is 0 Å². The fourth-order valence-electron chi connectivity index (χ4n) is 6.82. The molecule has 2 atom stereocenters. The van der Waals surface area contributed by atoms with Gasteiger partial charge in [0.15, 0.2) is 16.6 Å². The monoisotopic (exact) mass is 695 g/mol. The third-order valence-corrected chi connectivity index (χ3v) is 11.3. The topological polar surface area (TPSA) is 160 Å². The number of nitrogens with one attached hydrogen (secondary N) is 2. The van der Waals surface area contributed by atoms with Gasteiger partial charge in [-0.15, -0.1) is 0 Å². The van der Waals surface area contributed by atoms with E-state index >= 15 is 0 Å². The molecule has 264 valence electrons. The van der Waals surface area contributed by atoms with Crippen LogP contribution in [-0.4, -0.2) is 105 Å². The summed E-state index contributed by atoms with van der Waals surface area (Å²) in [5.41, 5.74) is 0.522. The van der Waals surface area contributed by atoms with Crippen LogP contribution in [0.3, 0.4) is 0 Å². The predicted molar refractivity (Wildman–Crippen MR) is 181 cm³/mol. The molecule has 0 bridgehead atoms. The van der Waals surface area contributed by atoms with E-state index in [2.05, 4.69) is 20.5 Å². The Kier molecular flexibility index (Phi) is 11.6. The molecule has 1 aromatic carbocycles. The molecule has 2 N–H and O–H groups in total. The average molecular weight is 696 g/mol. The molecule has 3 aliphatic rings. The number of nitrogens with zero attached hydrogens (tertiary/aromatic N) is 3. The molecule has 6 rings (SSSR count). The number of pyridine rings is 1. The minimum atomic E-state index is -3.97. The van der Waals surface area contributed by atoms with Gasteiger partial charge in [0.1, 0.15) is 24.0 Å². The van der Waals surface area contributed by atoms with Crippen LogP contribution >= 0.6 is 0 Å². The number of furan rings is 1. The summed E-state index contributed by atoms with van der Waals surface area (Å²) in [6.45, 7) is 4.30. The number of sulfonamides is 1. The molecule has 13 nitrogen and oxygen atoms in total. The summed E-state index contributed by atoms with van der Waals surface area (Å²) in [7, 11) is -3.97. The fourth-order valence-corrected chi connectivity index (χ4v) is 8.19. The first-order valence-corrected chi connectivity index (χ1v) is 18.7. The number of benzene rings is 1. The number of aromatic nitrogens is 1. The molecule has 3 aromatic rings. The van der Waals surface area contributed by atoms with Crippen LogP contribution < -0.4 is 15.4 Å². The molecule has 2 amide bonds. The lowest BCUT2D eigenvalue weighted by atomic mass is 9.84. The summed E-state index contributed by atoms with van der Waals surface area (Å²) in [6.07, 6.45) is 7.67. The highest BCUT2D eigenvalue weighted by atomic mass is 32.2. The van der Waals surface area contributed by atoms with Gasteiger partial charge >= 0.3 is 0 Å². The van der Waals surface area contributed by atoms with Crippen molar-refractivity contribution in [2.75, 3.05) is 52.5 Å². The summed E-state index contributed by atoms with van der Waals surface area (Å²) in [4.78, 5) is 46.8. The highest BCUT2D eigenvalue weighted by Gasteiger charge is 2.35. The van der Waals surface area contributed by atoms with Crippen LogP contribution in [0.1, 0.15) is 61.9 Å². The minimum Gasteiger partial charge on any atom is -0.492 e. The number of rotatable bonds is 12. The van der Waals surface area contributed by atoms with Crippen molar-refractivity contribution in [1.29, 1.82) is 0 Å². The Bertz CT molecular complexity index is 1700. The van der Waals surface area contributed by atoms with Crippen LogP contribution in [0.15, 0.2) is 58.1 Å². The van der Waals surface area contributed by atoms with E-state index in [1.807, 2.05) is 6.07 Å². The zero-order valence-electron chi connectivity index (χ0n) is 27.7. The number of fused-ring (bicyclic) bond motifs is 1. The molecule has 0 spiro atoms. The molecule has 2 saturated heterocycles. The number of hydrogen-bond acceptors (Lipinski definition) is 10. The first-order valence-electron chi connectivity index (χ1n) is 17.3. The number of morpholine rings is 1. The summed E-state index contributed by atoms with van der Waals surface area (Å²) in [5, 5.41) is 6.31. The standard InChI is InChI=1S/C35H45N5O8S/c41-30-24-40(49(44,45)33-10-4-5-13-36-33)14-6-9-28(30)37-34(42)29(21-25-7-2-1-3-8-25)38-35(43)32-23-26-22-27(11-12-31(26)48-32)47-20-17-39-15-18-46-19-16-39/h4-5,10-13,22-23,25,28-29H,1-3,6-9,14-21,24H2,(H,37,42)(H,38,43)/t28-,29?/m0/s1. The second kappa shape index (κ2) is 16.2. The molecule has 3 fully saturated rings. The van der Waals surface area contributed by atoms with Crippen LogP contribution in [0.25, 0.3) is 11.0 Å². The molecule has 4 heterocycles. The number of hydrogen-bond donors (Lipinski definition) is 2. The van der Waals surface area contributed by atoms with Crippen LogP contribution in [0.4, 0.5) is 0 Å². The van der Waals surface area contributed by atoms with Gasteiger partial charge in [0, 0.05) is 37.8 Å². The van der Waals surface area contributed by atoms with Crippen molar-refractivity contribution < 1.29 is 36.7 Å². The number of ether oxygens (including phenoxy) is 2. The van der Waals surface area contributed by atoms with E-state index in [0.29, 0.717) is 36.2 Å². The van der Waals surface area contributed by atoms with Gasteiger partial charge < -0.3 is 24.5 Å². The number of carbonyl (C=O) groups is 3. The lowest BCUT2D eigenvalue weighted by Gasteiger charge is -2.27. The molecule has 2 aromatic heterocycles. The van der Waals surface area contributed by atoms with E-state index in [1.165, 1.54) is 12.3 Å². The van der Waals surface area contributed by atoms with Crippen molar-refractivity contribution in [3.8, 4) is 5.75 Å². The number of Topliss-reactive ketones (excluding diaryl/α,β-unsaturated/α-hetero) is 1. The zero-order chi connectivity index (χ0) is 34.2. The van der Waals surface area contributed by atoms with Crippen molar-refractivity contribution in [2.45, 2.75) is 68.5 Å². The van der Waals surface area contributed by atoms with Crippen LogP contribution in [-0.2, 0) is 24.3 Å². The van der Waals surface area contributed by atoms with E-state index in [9.17, 15) is 22.8 Å². The molecule has 1 saturated carbocycles. The molecule has 49 heavy (non-hydrogen) atoms. The molecule has 14 heteroatoms. The number of amides is 2. The second-order valence-electron chi connectivity index (χ2n) is 13.1. The van der Waals surface area contributed by atoms with Gasteiger partial charge in [-0.2, -0.15) is 4.31 Å². The van der Waals surface area contributed by atoms with Crippen molar-refractivity contribution >= 4 is 38.6 Å². The Labute approximate surface area is 286 Å². The highest BCUT2D eigenvalue weighted by molar-refractivity contribution is 7.89. The summed E-state index contributed by atoms with van der Waals surface area (Å²) >= 11 is 0. The van der Waals surface area contributed by atoms with Gasteiger partial charge in [0.2, 0.25) is 5.91 Å². The number of ketones is 1. The Morgan fingerprint density at radius 1 is 1.00 bits per heavy atom. The molecule has 1 aliphatic carbocycles. The zero-order valence-corrected chi connectivity index (χ0v) is 28.5. The van der Waals surface area contributed by atoms with Crippen LogP contribution in [0.2, 0.25) is 0 Å². The van der Waals surface area contributed by atoms with Crippen molar-refractivity contribution in [2.24, 2.45) is 5.92 Å². The van der Waals surface area contributed by atoms with Crippen LogP contribution in [0.5, 0.6) is 5.75 Å². The first kappa shape index (κ1) is 35.0. The van der Waals surface area contributed by atoms with Crippen LogP contribution in [0, 0.1) is 5.92 Å². The normalized spacial score (nSPS) is 20.8. The van der Waals surface area contributed by atoms with E-state index in [4.69, 9.17) is 13.9 Å². The van der Waals surface area contributed by atoms with Gasteiger partial charge in [0.25, 0.3) is 15.9 Å². The maximum Gasteiger partial charge on any atom is 0.287 e. The lowest BCUT2D eigenvalue weighted by molar-refractivity contribution is -0.129. The minimum absolute atomic E-state index is 0.0721. The lowest BCUT2D eigenvalue weighted by Crippen LogP contribution is -2.53. The predicted octanol–water partition coefficient (Wildman–Crippen LogP) is 3.15. The number of carbonyl (C=O) groups excluding carboxylic acids is 3. The van der Waals surface area contributed by atoms with Gasteiger partial charge in [-0.3, -0.25) is 19.3 Å². The van der Waals surface area contributed by atoms with Gasteiger partial charge in [-0.25, -0.2) is 13.4 Å². The highest BCUT2D eigenvalue weighted by Crippen LogP contribution is 2.29. The largest absolute Gasteiger partial charge is 0.492 e. The smallest absolute Gasteiger partial charge is 0.287 e. The summed E-state index contributed by atoms with van der Waals surface area (Å²) in [5.74, 6) is -0.410. The van der Waals surface area contributed by atoms with Crippen molar-refractivity contribution in [3.05, 3.63) is 54.4 Å². The van der Waals surface area contributed by atoms with E-state index in [-0.39, 0.29) is 36.2 Å². The molecule has 1 unspecified atom stereocenters. The third-order valence-electron chi connectivity index (χ3n) is 9.59. The maximum atomic E-state index is 13.8. The Morgan fingerprint density at radius 3 is 2.59 bits per heavy atom. The average Bonchev–Trinajstić information content (AvgIpc) is 3.46. The van der Waals surface area contributed by atoms with Gasteiger partial charge in [-0.1, -0.05) is 38.2 Å². The molecule has 2 aliphatic heterocycles. The van der Waals surface area contributed by atoms with E-state index < -0.39 is 39.7 Å². The molecule has 0 radical (unpaired) electrons. The van der Waals surface area contributed by atoms with Crippen molar-refractivity contribution in [1.82, 2.24) is 24.8 Å². The quantitative estimate of drug-likeness (QED) is 0.288. The summed E-state index contributed by atoms with van der Waals surface area (Å²) in [6, 6.07) is 9.85. The van der Waals surface area contributed by atoms with E-state index in [0.717, 1.165) is 69.3 Å². The first-order chi connectivity index (χ1) is 23.8. The third kappa shape index (κ3) is 9.04. The van der Waals surface area contributed by atoms with Gasteiger partial charge in [-0.05, 0) is 61.6 Å². The maximum absolute atomic E-state index is 13.8. The Balaban J connectivity index is 1.10. The molecular formula is C35H45N5O8S. The van der Waals surface area contributed by atoms with E-state index in [1.54, 1.807) is 30.3 Å². The second-order valence-corrected chi connectivity index (χ2v) is 14.9.